The van der Waals surface area contributed by atoms with E-state index in [0.29, 0.717) is 13.0 Å². The average Bonchev–Trinajstić information content (AvgIpc) is 2.23. The van der Waals surface area contributed by atoms with Gasteiger partial charge in [0.1, 0.15) is 0 Å². The van der Waals surface area contributed by atoms with Gasteiger partial charge in [0.15, 0.2) is 0 Å². The van der Waals surface area contributed by atoms with Crippen LogP contribution < -0.4 is 10.6 Å². The van der Waals surface area contributed by atoms with Crippen molar-refractivity contribution in [3.8, 4) is 0 Å². The van der Waals surface area contributed by atoms with Crippen molar-refractivity contribution in [1.29, 1.82) is 0 Å². The van der Waals surface area contributed by atoms with Gasteiger partial charge in [-0.15, -0.1) is 0 Å². The SMILES string of the molecule is CC(C)(C)CC(=O)NCc1ccc(NC(C)(C)C)cc1. The maximum absolute atomic E-state index is 11.8. The third-order valence-corrected chi connectivity index (χ3v) is 2.65. The van der Waals surface area contributed by atoms with E-state index in [4.69, 9.17) is 0 Å². The lowest BCUT2D eigenvalue weighted by atomic mass is 9.92. The van der Waals surface area contributed by atoms with Crippen LogP contribution >= 0.6 is 0 Å². The number of amides is 1. The molecule has 20 heavy (non-hydrogen) atoms. The molecule has 1 aromatic rings. The zero-order valence-electron chi connectivity index (χ0n) is 13.6. The summed E-state index contributed by atoms with van der Waals surface area (Å²) in [5, 5.41) is 6.38. The van der Waals surface area contributed by atoms with Crippen molar-refractivity contribution in [2.24, 2.45) is 5.41 Å². The van der Waals surface area contributed by atoms with Gasteiger partial charge >= 0.3 is 0 Å². The second-order valence-corrected chi connectivity index (χ2v) is 7.59. The van der Waals surface area contributed by atoms with Crippen LogP contribution in [0.4, 0.5) is 5.69 Å². The summed E-state index contributed by atoms with van der Waals surface area (Å²) < 4.78 is 0. The molecule has 0 aromatic heterocycles. The number of anilines is 1. The fraction of sp³-hybridized carbons (Fsp3) is 0.588. The normalized spacial score (nSPS) is 12.1. The Morgan fingerprint density at radius 1 is 1.00 bits per heavy atom. The Bertz CT molecular complexity index is 436. The maximum Gasteiger partial charge on any atom is 0.220 e. The molecule has 2 N–H and O–H groups in total. The second kappa shape index (κ2) is 6.29. The molecule has 0 aliphatic carbocycles. The Hall–Kier alpha value is -1.51. The van der Waals surface area contributed by atoms with Gasteiger partial charge in [-0.25, -0.2) is 0 Å². The molecule has 1 amide bonds. The molecule has 112 valence electrons. The van der Waals surface area contributed by atoms with Crippen molar-refractivity contribution < 1.29 is 4.79 Å². The molecule has 0 atom stereocenters. The van der Waals surface area contributed by atoms with E-state index in [9.17, 15) is 4.79 Å². The van der Waals surface area contributed by atoms with E-state index < -0.39 is 0 Å². The Morgan fingerprint density at radius 2 is 1.55 bits per heavy atom. The fourth-order valence-electron chi connectivity index (χ4n) is 1.88. The van der Waals surface area contributed by atoms with Crippen LogP contribution in [0.3, 0.4) is 0 Å². The summed E-state index contributed by atoms with van der Waals surface area (Å²) in [6.07, 6.45) is 0.552. The van der Waals surface area contributed by atoms with Gasteiger partial charge in [-0.1, -0.05) is 32.9 Å². The number of benzene rings is 1. The van der Waals surface area contributed by atoms with E-state index in [-0.39, 0.29) is 16.9 Å². The zero-order chi connectivity index (χ0) is 15.4. The number of carbonyl (C=O) groups is 1. The molecule has 3 heteroatoms. The fourth-order valence-corrected chi connectivity index (χ4v) is 1.88. The lowest BCUT2D eigenvalue weighted by molar-refractivity contribution is -0.122. The number of hydrogen-bond acceptors (Lipinski definition) is 2. The predicted octanol–water partition coefficient (Wildman–Crippen LogP) is 3.95. The van der Waals surface area contributed by atoms with Crippen LogP contribution in [-0.2, 0) is 11.3 Å². The minimum Gasteiger partial charge on any atom is -0.380 e. The molecule has 0 saturated heterocycles. The van der Waals surface area contributed by atoms with Crippen LogP contribution in [0.5, 0.6) is 0 Å². The lowest BCUT2D eigenvalue weighted by Crippen LogP contribution is -2.27. The maximum atomic E-state index is 11.8. The zero-order valence-corrected chi connectivity index (χ0v) is 13.6. The van der Waals surface area contributed by atoms with Crippen molar-refractivity contribution in [3.63, 3.8) is 0 Å². The third kappa shape index (κ3) is 7.17. The highest BCUT2D eigenvalue weighted by Crippen LogP contribution is 2.18. The molecule has 0 spiro atoms. The van der Waals surface area contributed by atoms with Crippen molar-refractivity contribution in [3.05, 3.63) is 29.8 Å². The summed E-state index contributed by atoms with van der Waals surface area (Å²) in [6, 6.07) is 8.20. The monoisotopic (exact) mass is 276 g/mol. The van der Waals surface area contributed by atoms with Crippen LogP contribution in [0, 0.1) is 5.41 Å². The molecular weight excluding hydrogens is 248 g/mol. The van der Waals surface area contributed by atoms with Crippen molar-refractivity contribution in [2.75, 3.05) is 5.32 Å². The number of hydrogen-bond donors (Lipinski definition) is 2. The Labute approximate surface area is 123 Å². The Morgan fingerprint density at radius 3 is 2.00 bits per heavy atom. The van der Waals surface area contributed by atoms with Gasteiger partial charge in [0.25, 0.3) is 0 Å². The van der Waals surface area contributed by atoms with Gasteiger partial charge in [-0.05, 0) is 43.9 Å². The summed E-state index contributed by atoms with van der Waals surface area (Å²) in [4.78, 5) is 11.8. The molecule has 0 unspecified atom stereocenters. The molecule has 0 heterocycles. The molecule has 1 aromatic carbocycles. The van der Waals surface area contributed by atoms with Gasteiger partial charge in [0.05, 0.1) is 0 Å². The van der Waals surface area contributed by atoms with Crippen LogP contribution in [0.1, 0.15) is 53.5 Å². The summed E-state index contributed by atoms with van der Waals surface area (Å²) >= 11 is 0. The lowest BCUT2D eigenvalue weighted by Gasteiger charge is -2.22. The molecule has 1 rings (SSSR count). The van der Waals surface area contributed by atoms with Gasteiger partial charge in [0, 0.05) is 24.2 Å². The van der Waals surface area contributed by atoms with Gasteiger partial charge in [-0.2, -0.15) is 0 Å². The molecule has 0 aliphatic heterocycles. The highest BCUT2D eigenvalue weighted by molar-refractivity contribution is 5.76. The topological polar surface area (TPSA) is 41.1 Å². The van der Waals surface area contributed by atoms with Crippen LogP contribution in [0.15, 0.2) is 24.3 Å². The highest BCUT2D eigenvalue weighted by atomic mass is 16.1. The van der Waals surface area contributed by atoms with Crippen molar-refractivity contribution >= 4 is 11.6 Å². The summed E-state index contributed by atoms with van der Waals surface area (Å²) in [5.41, 5.74) is 2.31. The third-order valence-electron chi connectivity index (χ3n) is 2.65. The van der Waals surface area contributed by atoms with Gasteiger partial charge in [0.2, 0.25) is 5.91 Å². The van der Waals surface area contributed by atoms with Crippen LogP contribution in [-0.4, -0.2) is 11.4 Å². The molecule has 0 fully saturated rings. The first kappa shape index (κ1) is 16.5. The van der Waals surface area contributed by atoms with Gasteiger partial charge in [-0.3, -0.25) is 4.79 Å². The Kier molecular flexibility index (Phi) is 5.21. The van der Waals surface area contributed by atoms with Crippen molar-refractivity contribution in [1.82, 2.24) is 5.32 Å². The van der Waals surface area contributed by atoms with E-state index in [1.807, 2.05) is 12.1 Å². The number of carbonyl (C=O) groups excluding carboxylic acids is 1. The summed E-state index contributed by atoms with van der Waals surface area (Å²) in [5.74, 6) is 0.106. The minimum absolute atomic E-state index is 0.0323. The summed E-state index contributed by atoms with van der Waals surface area (Å²) in [7, 11) is 0. The highest BCUT2D eigenvalue weighted by Gasteiger charge is 2.15. The quantitative estimate of drug-likeness (QED) is 0.874. The summed E-state index contributed by atoms with van der Waals surface area (Å²) in [6.45, 7) is 13.2. The number of rotatable bonds is 4. The Balaban J connectivity index is 2.48. The van der Waals surface area contributed by atoms with Gasteiger partial charge < -0.3 is 10.6 Å². The average molecular weight is 276 g/mol. The smallest absolute Gasteiger partial charge is 0.220 e. The van der Waals surface area contributed by atoms with E-state index in [1.165, 1.54) is 0 Å². The predicted molar refractivity (Wildman–Crippen MR) is 85.7 cm³/mol. The largest absolute Gasteiger partial charge is 0.380 e. The van der Waals surface area contributed by atoms with Crippen LogP contribution in [0.2, 0.25) is 0 Å². The molecule has 3 nitrogen and oxygen atoms in total. The molecular formula is C17H28N2O. The van der Waals surface area contributed by atoms with E-state index in [0.717, 1.165) is 11.3 Å². The molecule has 0 aliphatic rings. The molecule has 0 bridgehead atoms. The van der Waals surface area contributed by atoms with E-state index >= 15 is 0 Å². The first-order valence-electron chi connectivity index (χ1n) is 7.19. The van der Waals surface area contributed by atoms with Crippen molar-refractivity contribution in [2.45, 2.75) is 60.0 Å². The first-order valence-corrected chi connectivity index (χ1v) is 7.19. The standard InChI is InChI=1S/C17H28N2O/c1-16(2,3)11-15(20)18-12-13-7-9-14(10-8-13)19-17(4,5)6/h7-10,19H,11-12H2,1-6H3,(H,18,20). The molecule has 0 saturated carbocycles. The first-order chi connectivity index (χ1) is 9.05. The van der Waals surface area contributed by atoms with E-state index in [2.05, 4.69) is 64.3 Å². The molecule has 0 radical (unpaired) electrons. The van der Waals surface area contributed by atoms with Crippen LogP contribution in [0.25, 0.3) is 0 Å². The number of nitrogens with one attached hydrogen (secondary N) is 2. The van der Waals surface area contributed by atoms with E-state index in [1.54, 1.807) is 0 Å². The minimum atomic E-state index is 0.0323. The second-order valence-electron chi connectivity index (χ2n) is 7.59.